The molecular weight excluding hydrogens is 248 g/mol. The first-order valence-electron chi connectivity index (χ1n) is 7.47. The van der Waals surface area contributed by atoms with Gasteiger partial charge >= 0.3 is 0 Å². The van der Waals surface area contributed by atoms with Gasteiger partial charge in [0.15, 0.2) is 0 Å². The molecule has 0 saturated heterocycles. The number of ether oxygens (including phenoxy) is 1. The molecule has 0 aliphatic heterocycles. The quantitative estimate of drug-likeness (QED) is 0.855. The van der Waals surface area contributed by atoms with Gasteiger partial charge in [0.2, 0.25) is 0 Å². The van der Waals surface area contributed by atoms with Gasteiger partial charge in [-0.25, -0.2) is 0 Å². The minimum Gasteiger partial charge on any atom is -0.384 e. The predicted octanol–water partition coefficient (Wildman–Crippen LogP) is 3.37. The van der Waals surface area contributed by atoms with Gasteiger partial charge in [0.1, 0.15) is 6.61 Å². The van der Waals surface area contributed by atoms with Crippen molar-refractivity contribution in [3.8, 4) is 11.8 Å². The van der Waals surface area contributed by atoms with Gasteiger partial charge in [-0.05, 0) is 48.8 Å². The van der Waals surface area contributed by atoms with Crippen molar-refractivity contribution in [3.63, 3.8) is 0 Å². The fourth-order valence-electron chi connectivity index (χ4n) is 3.05. The van der Waals surface area contributed by atoms with Gasteiger partial charge < -0.3 is 9.84 Å². The van der Waals surface area contributed by atoms with Crippen molar-refractivity contribution < 1.29 is 9.84 Å². The highest BCUT2D eigenvalue weighted by Gasteiger charge is 2.24. The van der Waals surface area contributed by atoms with E-state index in [0.717, 1.165) is 17.4 Å². The van der Waals surface area contributed by atoms with Crippen LogP contribution in [0.3, 0.4) is 0 Å². The van der Waals surface area contributed by atoms with Gasteiger partial charge in [-0.3, -0.25) is 0 Å². The smallest absolute Gasteiger partial charge is 0.104 e. The van der Waals surface area contributed by atoms with E-state index in [-0.39, 0.29) is 6.61 Å². The number of benzene rings is 1. The molecule has 1 aromatic rings. The maximum atomic E-state index is 8.66. The van der Waals surface area contributed by atoms with Crippen molar-refractivity contribution in [1.29, 1.82) is 0 Å². The number of hydrogen-bond acceptors (Lipinski definition) is 2. The summed E-state index contributed by atoms with van der Waals surface area (Å²) in [7, 11) is 0. The van der Waals surface area contributed by atoms with E-state index >= 15 is 0 Å². The van der Waals surface area contributed by atoms with E-state index in [4.69, 9.17) is 9.84 Å². The lowest BCUT2D eigenvalue weighted by molar-refractivity contribution is -0.00915. The predicted molar refractivity (Wildman–Crippen MR) is 81.2 cm³/mol. The van der Waals surface area contributed by atoms with Crippen LogP contribution in [0.15, 0.2) is 24.3 Å². The SMILES string of the molecule is CC1CC(C)CC(OCc2ccc(C#CCO)cc2)C1. The van der Waals surface area contributed by atoms with Crippen LogP contribution >= 0.6 is 0 Å². The van der Waals surface area contributed by atoms with E-state index in [1.54, 1.807) is 0 Å². The normalized spacial score (nSPS) is 25.9. The van der Waals surface area contributed by atoms with Gasteiger partial charge in [-0.2, -0.15) is 0 Å². The average Bonchev–Trinajstić information content (AvgIpc) is 2.43. The number of hydrogen-bond donors (Lipinski definition) is 1. The topological polar surface area (TPSA) is 29.5 Å². The Bertz CT molecular complexity index is 456. The lowest BCUT2D eigenvalue weighted by atomic mass is 9.82. The fourth-order valence-corrected chi connectivity index (χ4v) is 3.05. The molecule has 0 radical (unpaired) electrons. The zero-order valence-corrected chi connectivity index (χ0v) is 12.4. The van der Waals surface area contributed by atoms with Gasteiger partial charge in [0, 0.05) is 5.56 Å². The number of aliphatic hydroxyl groups excluding tert-OH is 1. The highest BCUT2D eigenvalue weighted by atomic mass is 16.5. The summed E-state index contributed by atoms with van der Waals surface area (Å²) in [5.74, 6) is 7.10. The molecule has 0 spiro atoms. The summed E-state index contributed by atoms with van der Waals surface area (Å²) < 4.78 is 6.05. The molecule has 108 valence electrons. The van der Waals surface area contributed by atoms with Crippen molar-refractivity contribution in [2.75, 3.05) is 6.61 Å². The van der Waals surface area contributed by atoms with E-state index in [1.807, 2.05) is 12.1 Å². The third-order valence-corrected chi connectivity index (χ3v) is 3.89. The Labute approximate surface area is 122 Å². The number of rotatable bonds is 3. The lowest BCUT2D eigenvalue weighted by Crippen LogP contribution is -2.26. The summed E-state index contributed by atoms with van der Waals surface area (Å²) in [6.07, 6.45) is 4.11. The van der Waals surface area contributed by atoms with Crippen molar-refractivity contribution >= 4 is 0 Å². The molecule has 2 heteroatoms. The van der Waals surface area contributed by atoms with Crippen LogP contribution in [0.1, 0.15) is 44.2 Å². The van der Waals surface area contributed by atoms with Crippen molar-refractivity contribution in [3.05, 3.63) is 35.4 Å². The van der Waals surface area contributed by atoms with E-state index in [0.29, 0.717) is 12.7 Å². The summed E-state index contributed by atoms with van der Waals surface area (Å²) in [5.41, 5.74) is 2.12. The molecule has 1 N–H and O–H groups in total. The molecule has 0 amide bonds. The third-order valence-electron chi connectivity index (χ3n) is 3.89. The second kappa shape index (κ2) is 7.47. The summed E-state index contributed by atoms with van der Waals surface area (Å²) in [6, 6.07) is 8.06. The van der Waals surface area contributed by atoms with Gasteiger partial charge in [0.25, 0.3) is 0 Å². The molecule has 2 nitrogen and oxygen atoms in total. The molecule has 2 rings (SSSR count). The summed E-state index contributed by atoms with van der Waals surface area (Å²) in [5, 5.41) is 8.66. The minimum absolute atomic E-state index is 0.0943. The van der Waals surface area contributed by atoms with Gasteiger partial charge in [-0.15, -0.1) is 0 Å². The van der Waals surface area contributed by atoms with E-state index in [1.165, 1.54) is 24.8 Å². The van der Waals surface area contributed by atoms with Crippen LogP contribution in [0.2, 0.25) is 0 Å². The first-order chi connectivity index (χ1) is 9.67. The van der Waals surface area contributed by atoms with Crippen LogP contribution in [0.4, 0.5) is 0 Å². The molecule has 2 atom stereocenters. The van der Waals surface area contributed by atoms with E-state index < -0.39 is 0 Å². The van der Waals surface area contributed by atoms with Crippen LogP contribution in [0.25, 0.3) is 0 Å². The second-order valence-corrected chi connectivity index (χ2v) is 6.01. The molecule has 1 saturated carbocycles. The largest absolute Gasteiger partial charge is 0.384 e. The van der Waals surface area contributed by atoms with Crippen LogP contribution in [0.5, 0.6) is 0 Å². The average molecular weight is 272 g/mol. The maximum absolute atomic E-state index is 8.66. The monoisotopic (exact) mass is 272 g/mol. The molecule has 2 unspecified atom stereocenters. The standard InChI is InChI=1S/C18H24O2/c1-14-10-15(2)12-18(11-14)20-13-17-7-5-16(6-8-17)4-3-9-19/h5-8,14-15,18-19H,9-13H2,1-2H3. The summed E-state index contributed by atoms with van der Waals surface area (Å²) >= 11 is 0. The van der Waals surface area contributed by atoms with Crippen molar-refractivity contribution in [2.24, 2.45) is 11.8 Å². The van der Waals surface area contributed by atoms with Crippen LogP contribution in [-0.2, 0) is 11.3 Å². The molecule has 1 aliphatic carbocycles. The molecular formula is C18H24O2. The Kier molecular flexibility index (Phi) is 5.64. The zero-order valence-electron chi connectivity index (χ0n) is 12.4. The zero-order chi connectivity index (χ0) is 14.4. The van der Waals surface area contributed by atoms with E-state index in [9.17, 15) is 0 Å². The molecule has 0 bridgehead atoms. The van der Waals surface area contributed by atoms with Crippen molar-refractivity contribution in [2.45, 2.75) is 45.8 Å². The number of aliphatic hydroxyl groups is 1. The Balaban J connectivity index is 1.84. The first kappa shape index (κ1) is 15.1. The minimum atomic E-state index is -0.0943. The van der Waals surface area contributed by atoms with Crippen LogP contribution in [-0.4, -0.2) is 17.8 Å². The van der Waals surface area contributed by atoms with Gasteiger partial charge in [0.05, 0.1) is 12.7 Å². The highest BCUT2D eigenvalue weighted by Crippen LogP contribution is 2.30. The first-order valence-corrected chi connectivity index (χ1v) is 7.47. The van der Waals surface area contributed by atoms with E-state index in [2.05, 4.69) is 37.8 Å². The highest BCUT2D eigenvalue weighted by molar-refractivity contribution is 5.36. The molecule has 0 heterocycles. The lowest BCUT2D eigenvalue weighted by Gasteiger charge is -2.31. The Morgan fingerprint density at radius 3 is 2.35 bits per heavy atom. The molecule has 1 aliphatic rings. The Morgan fingerprint density at radius 1 is 1.10 bits per heavy atom. The Morgan fingerprint density at radius 2 is 1.75 bits per heavy atom. The maximum Gasteiger partial charge on any atom is 0.104 e. The second-order valence-electron chi connectivity index (χ2n) is 6.01. The molecule has 1 fully saturated rings. The molecule has 0 aromatic heterocycles. The fraction of sp³-hybridized carbons (Fsp3) is 0.556. The molecule has 1 aromatic carbocycles. The van der Waals surface area contributed by atoms with Gasteiger partial charge in [-0.1, -0.05) is 37.8 Å². The molecule has 20 heavy (non-hydrogen) atoms. The Hall–Kier alpha value is -1.30. The van der Waals surface area contributed by atoms with Crippen LogP contribution < -0.4 is 0 Å². The summed E-state index contributed by atoms with van der Waals surface area (Å²) in [6.45, 7) is 5.22. The van der Waals surface area contributed by atoms with Crippen LogP contribution in [0, 0.1) is 23.7 Å². The summed E-state index contributed by atoms with van der Waals surface area (Å²) in [4.78, 5) is 0. The van der Waals surface area contributed by atoms with Crippen molar-refractivity contribution in [1.82, 2.24) is 0 Å². The third kappa shape index (κ3) is 4.67.